The summed E-state index contributed by atoms with van der Waals surface area (Å²) < 4.78 is 0. The lowest BCUT2D eigenvalue weighted by Gasteiger charge is -2.34. The Hall–Kier alpha value is -2.37. The van der Waals surface area contributed by atoms with Crippen LogP contribution in [0.1, 0.15) is 56.5 Å². The number of rotatable bonds is 5. The number of hydrogen-bond acceptors (Lipinski definition) is 3. The maximum atomic E-state index is 12.6. The van der Waals surface area contributed by atoms with Crippen LogP contribution in [0.2, 0.25) is 0 Å². The van der Waals surface area contributed by atoms with Gasteiger partial charge in [0.15, 0.2) is 0 Å². The maximum Gasteiger partial charge on any atom is 0.335 e. The number of nitrogens with zero attached hydrogens (tertiary/aromatic N) is 1. The second-order valence-electron chi connectivity index (χ2n) is 8.38. The van der Waals surface area contributed by atoms with E-state index in [1.807, 2.05) is 32.9 Å². The predicted molar refractivity (Wildman–Crippen MR) is 103 cm³/mol. The average molecular weight is 374 g/mol. The van der Waals surface area contributed by atoms with Crippen molar-refractivity contribution in [3.63, 3.8) is 0 Å². The summed E-state index contributed by atoms with van der Waals surface area (Å²) in [4.78, 5) is 37.8. The minimum absolute atomic E-state index is 0.0583. The first-order chi connectivity index (χ1) is 12.6. The molecule has 1 saturated heterocycles. The van der Waals surface area contributed by atoms with Gasteiger partial charge in [-0.15, -0.1) is 0 Å². The normalized spacial score (nSPS) is 16.7. The third kappa shape index (κ3) is 5.55. The standard InChI is InChI=1S/C21H30N2O4/c1-14(22-20(27)21(2,3)4)18(24)23-11-9-15(10-12-23)13-16-7-5-6-8-17(16)19(25)26/h5-8,14-15H,9-13H2,1-4H3,(H,22,27)(H,25,26). The van der Waals surface area contributed by atoms with Crippen LogP contribution in [0.4, 0.5) is 0 Å². The topological polar surface area (TPSA) is 86.7 Å². The highest BCUT2D eigenvalue weighted by Crippen LogP contribution is 2.24. The molecule has 148 valence electrons. The lowest BCUT2D eigenvalue weighted by Crippen LogP contribution is -2.51. The van der Waals surface area contributed by atoms with Gasteiger partial charge in [0.05, 0.1) is 5.56 Å². The first-order valence-corrected chi connectivity index (χ1v) is 9.50. The van der Waals surface area contributed by atoms with Gasteiger partial charge in [-0.3, -0.25) is 9.59 Å². The van der Waals surface area contributed by atoms with E-state index in [1.165, 1.54) is 0 Å². The van der Waals surface area contributed by atoms with Gasteiger partial charge in [-0.25, -0.2) is 4.79 Å². The third-order valence-corrected chi connectivity index (χ3v) is 5.08. The summed E-state index contributed by atoms with van der Waals surface area (Å²) in [6.07, 6.45) is 2.38. The summed E-state index contributed by atoms with van der Waals surface area (Å²) in [5, 5.41) is 12.1. The number of likely N-dealkylation sites (tertiary alicyclic amines) is 1. The maximum absolute atomic E-state index is 12.6. The zero-order valence-corrected chi connectivity index (χ0v) is 16.6. The zero-order valence-electron chi connectivity index (χ0n) is 16.6. The summed E-state index contributed by atoms with van der Waals surface area (Å²) in [5.74, 6) is -0.740. The number of benzene rings is 1. The molecule has 0 radical (unpaired) electrons. The Kier molecular flexibility index (Phi) is 6.63. The van der Waals surface area contributed by atoms with Crippen molar-refractivity contribution in [2.24, 2.45) is 11.3 Å². The number of nitrogens with one attached hydrogen (secondary N) is 1. The van der Waals surface area contributed by atoms with Crippen LogP contribution in [0.15, 0.2) is 24.3 Å². The molecule has 1 fully saturated rings. The zero-order chi connectivity index (χ0) is 20.2. The monoisotopic (exact) mass is 374 g/mol. The molecule has 1 aromatic carbocycles. The van der Waals surface area contributed by atoms with E-state index < -0.39 is 17.4 Å². The number of piperidine rings is 1. The molecule has 2 amide bonds. The van der Waals surface area contributed by atoms with Gasteiger partial charge in [0.25, 0.3) is 0 Å². The van der Waals surface area contributed by atoms with Crippen molar-refractivity contribution in [3.8, 4) is 0 Å². The molecule has 2 N–H and O–H groups in total. The van der Waals surface area contributed by atoms with E-state index in [9.17, 15) is 19.5 Å². The minimum atomic E-state index is -0.901. The molecule has 1 unspecified atom stereocenters. The molecule has 6 heteroatoms. The fraction of sp³-hybridized carbons (Fsp3) is 0.571. The highest BCUT2D eigenvalue weighted by molar-refractivity contribution is 5.90. The molecule has 0 aromatic heterocycles. The molecule has 0 bridgehead atoms. The second-order valence-corrected chi connectivity index (χ2v) is 8.38. The Balaban J connectivity index is 1.89. The van der Waals surface area contributed by atoms with Crippen LogP contribution in [0.25, 0.3) is 0 Å². The van der Waals surface area contributed by atoms with E-state index in [0.29, 0.717) is 31.0 Å². The highest BCUT2D eigenvalue weighted by atomic mass is 16.4. The fourth-order valence-corrected chi connectivity index (χ4v) is 3.32. The van der Waals surface area contributed by atoms with E-state index in [1.54, 1.807) is 24.0 Å². The van der Waals surface area contributed by atoms with Crippen LogP contribution in [0.3, 0.4) is 0 Å². The van der Waals surface area contributed by atoms with Crippen LogP contribution in [0.5, 0.6) is 0 Å². The third-order valence-electron chi connectivity index (χ3n) is 5.08. The number of hydrogen-bond donors (Lipinski definition) is 2. The van der Waals surface area contributed by atoms with Crippen molar-refractivity contribution in [2.75, 3.05) is 13.1 Å². The molecular formula is C21H30N2O4. The first-order valence-electron chi connectivity index (χ1n) is 9.50. The number of carbonyl (C=O) groups excluding carboxylic acids is 2. The Morgan fingerprint density at radius 3 is 2.33 bits per heavy atom. The van der Waals surface area contributed by atoms with Gasteiger partial charge < -0.3 is 15.3 Å². The molecule has 0 spiro atoms. The number of carbonyl (C=O) groups is 3. The van der Waals surface area contributed by atoms with Crippen molar-refractivity contribution in [3.05, 3.63) is 35.4 Å². The summed E-state index contributed by atoms with van der Waals surface area (Å²) >= 11 is 0. The van der Waals surface area contributed by atoms with Crippen LogP contribution in [-0.4, -0.2) is 46.9 Å². The van der Waals surface area contributed by atoms with Gasteiger partial charge in [0, 0.05) is 18.5 Å². The number of carboxylic acid groups (broad SMARTS) is 1. The quantitative estimate of drug-likeness (QED) is 0.830. The van der Waals surface area contributed by atoms with Gasteiger partial charge in [-0.2, -0.15) is 0 Å². The van der Waals surface area contributed by atoms with Crippen molar-refractivity contribution in [2.45, 2.75) is 53.0 Å². The summed E-state index contributed by atoms with van der Waals surface area (Å²) in [6, 6.07) is 6.56. The number of carboxylic acids is 1. The molecule has 2 rings (SSSR count). The largest absolute Gasteiger partial charge is 0.478 e. The first kappa shape index (κ1) is 20.9. The molecule has 6 nitrogen and oxygen atoms in total. The SMILES string of the molecule is CC(NC(=O)C(C)(C)C)C(=O)N1CCC(Cc2ccccc2C(=O)O)CC1. The van der Waals surface area contributed by atoms with Gasteiger partial charge in [0.1, 0.15) is 6.04 Å². The van der Waals surface area contributed by atoms with Crippen LogP contribution in [-0.2, 0) is 16.0 Å². The molecule has 1 heterocycles. The molecule has 1 atom stereocenters. The second kappa shape index (κ2) is 8.55. The van der Waals surface area contributed by atoms with Gasteiger partial charge in [-0.05, 0) is 43.7 Å². The summed E-state index contributed by atoms with van der Waals surface area (Å²) in [5.41, 5.74) is 0.675. The van der Waals surface area contributed by atoms with E-state index in [0.717, 1.165) is 18.4 Å². The predicted octanol–water partition coefficient (Wildman–Crippen LogP) is 2.72. The Labute approximate surface area is 160 Å². The van der Waals surface area contributed by atoms with Gasteiger partial charge >= 0.3 is 5.97 Å². The molecule has 1 aromatic rings. The summed E-state index contributed by atoms with van der Waals surface area (Å²) in [7, 11) is 0. The van der Waals surface area contributed by atoms with Crippen molar-refractivity contribution >= 4 is 17.8 Å². The van der Waals surface area contributed by atoms with Crippen molar-refractivity contribution in [1.29, 1.82) is 0 Å². The Morgan fingerprint density at radius 1 is 1.19 bits per heavy atom. The molecule has 0 saturated carbocycles. The Morgan fingerprint density at radius 2 is 1.78 bits per heavy atom. The Bertz CT molecular complexity index is 700. The van der Waals surface area contributed by atoms with Crippen molar-refractivity contribution < 1.29 is 19.5 Å². The van der Waals surface area contributed by atoms with Crippen LogP contribution < -0.4 is 5.32 Å². The van der Waals surface area contributed by atoms with Crippen LogP contribution in [0, 0.1) is 11.3 Å². The molecule has 27 heavy (non-hydrogen) atoms. The molecule has 1 aliphatic heterocycles. The van der Waals surface area contributed by atoms with Gasteiger partial charge in [0.2, 0.25) is 11.8 Å². The smallest absolute Gasteiger partial charge is 0.335 e. The average Bonchev–Trinajstić information content (AvgIpc) is 2.61. The van der Waals surface area contributed by atoms with Gasteiger partial charge in [-0.1, -0.05) is 39.0 Å². The minimum Gasteiger partial charge on any atom is -0.478 e. The van der Waals surface area contributed by atoms with E-state index >= 15 is 0 Å². The molecule has 1 aliphatic rings. The van der Waals surface area contributed by atoms with Crippen LogP contribution >= 0.6 is 0 Å². The fourth-order valence-electron chi connectivity index (χ4n) is 3.32. The van der Waals surface area contributed by atoms with E-state index in [4.69, 9.17) is 0 Å². The number of aromatic carboxylic acids is 1. The van der Waals surface area contributed by atoms with E-state index in [2.05, 4.69) is 5.32 Å². The van der Waals surface area contributed by atoms with E-state index in [-0.39, 0.29) is 11.8 Å². The molecule has 0 aliphatic carbocycles. The summed E-state index contributed by atoms with van der Waals surface area (Å²) in [6.45, 7) is 8.45. The lowest BCUT2D eigenvalue weighted by atomic mass is 9.88. The lowest BCUT2D eigenvalue weighted by molar-refractivity contribution is -0.139. The van der Waals surface area contributed by atoms with Crippen molar-refractivity contribution in [1.82, 2.24) is 10.2 Å². The molecular weight excluding hydrogens is 344 g/mol. The highest BCUT2D eigenvalue weighted by Gasteiger charge is 2.30. The number of amides is 2.